The number of hydrogen-bond acceptors (Lipinski definition) is 3. The highest BCUT2D eigenvalue weighted by molar-refractivity contribution is 7.09. The molecular weight excluding hydrogens is 254 g/mol. The standard InChI is InChI=1S/C16H21NOS/c1-3-10-17-16(12-15-5-4-11-19-15)13-6-8-14(18-2)9-7-13/h4-9,11,16-17H,3,10,12H2,1-2H3. The fraction of sp³-hybridized carbons (Fsp3) is 0.375. The van der Waals surface area contributed by atoms with Gasteiger partial charge in [0.1, 0.15) is 5.75 Å². The Hall–Kier alpha value is -1.32. The SMILES string of the molecule is CCCNC(Cc1cccs1)c1ccc(OC)cc1. The fourth-order valence-electron chi connectivity index (χ4n) is 2.09. The highest BCUT2D eigenvalue weighted by Gasteiger charge is 2.12. The molecule has 1 unspecified atom stereocenters. The van der Waals surface area contributed by atoms with Crippen molar-refractivity contribution >= 4 is 11.3 Å². The van der Waals surface area contributed by atoms with Gasteiger partial charge in [-0.1, -0.05) is 25.1 Å². The molecule has 2 aromatic rings. The molecule has 19 heavy (non-hydrogen) atoms. The van der Waals surface area contributed by atoms with Gasteiger partial charge in [0.2, 0.25) is 0 Å². The maximum Gasteiger partial charge on any atom is 0.118 e. The van der Waals surface area contributed by atoms with Crippen LogP contribution in [0.1, 0.15) is 29.8 Å². The zero-order valence-electron chi connectivity index (χ0n) is 11.6. The van der Waals surface area contributed by atoms with Crippen LogP contribution in [0.25, 0.3) is 0 Å². The van der Waals surface area contributed by atoms with Crippen molar-refractivity contribution in [1.29, 1.82) is 0 Å². The zero-order chi connectivity index (χ0) is 13.5. The van der Waals surface area contributed by atoms with Gasteiger partial charge < -0.3 is 10.1 Å². The number of ether oxygens (including phenoxy) is 1. The van der Waals surface area contributed by atoms with E-state index in [0.717, 1.165) is 25.1 Å². The van der Waals surface area contributed by atoms with E-state index in [1.54, 1.807) is 7.11 Å². The third kappa shape index (κ3) is 4.08. The van der Waals surface area contributed by atoms with E-state index >= 15 is 0 Å². The summed E-state index contributed by atoms with van der Waals surface area (Å²) in [5.41, 5.74) is 1.32. The summed E-state index contributed by atoms with van der Waals surface area (Å²) in [5, 5.41) is 5.77. The molecule has 0 spiro atoms. The zero-order valence-corrected chi connectivity index (χ0v) is 12.4. The van der Waals surface area contributed by atoms with Crippen LogP contribution in [-0.2, 0) is 6.42 Å². The van der Waals surface area contributed by atoms with E-state index in [1.807, 2.05) is 23.5 Å². The summed E-state index contributed by atoms with van der Waals surface area (Å²) < 4.78 is 5.22. The second-order valence-electron chi connectivity index (χ2n) is 4.56. The maximum atomic E-state index is 5.22. The molecule has 1 heterocycles. The predicted molar refractivity (Wildman–Crippen MR) is 82.1 cm³/mol. The molecule has 0 amide bonds. The Morgan fingerprint density at radius 3 is 2.58 bits per heavy atom. The normalized spacial score (nSPS) is 12.3. The summed E-state index contributed by atoms with van der Waals surface area (Å²) in [5.74, 6) is 0.911. The molecule has 0 aliphatic rings. The molecule has 1 N–H and O–H groups in total. The molecule has 2 rings (SSSR count). The van der Waals surface area contributed by atoms with Crippen molar-refractivity contribution in [2.75, 3.05) is 13.7 Å². The summed E-state index contributed by atoms with van der Waals surface area (Å²) >= 11 is 1.82. The van der Waals surface area contributed by atoms with Crippen LogP contribution in [0.2, 0.25) is 0 Å². The second kappa shape index (κ2) is 7.31. The Balaban J connectivity index is 2.10. The summed E-state index contributed by atoms with van der Waals surface area (Å²) in [6, 6.07) is 13.1. The smallest absolute Gasteiger partial charge is 0.118 e. The lowest BCUT2D eigenvalue weighted by atomic mass is 10.0. The molecule has 102 valence electrons. The van der Waals surface area contributed by atoms with E-state index < -0.39 is 0 Å². The first kappa shape index (κ1) is 14.1. The molecule has 2 nitrogen and oxygen atoms in total. The molecular formula is C16H21NOS. The Morgan fingerprint density at radius 1 is 1.21 bits per heavy atom. The van der Waals surface area contributed by atoms with E-state index in [1.165, 1.54) is 10.4 Å². The fourth-order valence-corrected chi connectivity index (χ4v) is 2.84. The van der Waals surface area contributed by atoms with E-state index in [9.17, 15) is 0 Å². The van der Waals surface area contributed by atoms with Crippen molar-refractivity contribution < 1.29 is 4.74 Å². The van der Waals surface area contributed by atoms with Crippen LogP contribution >= 0.6 is 11.3 Å². The molecule has 1 aromatic carbocycles. The van der Waals surface area contributed by atoms with Crippen LogP contribution < -0.4 is 10.1 Å². The summed E-state index contributed by atoms with van der Waals surface area (Å²) in [6.45, 7) is 3.24. The second-order valence-corrected chi connectivity index (χ2v) is 5.60. The highest BCUT2D eigenvalue weighted by Crippen LogP contribution is 2.23. The van der Waals surface area contributed by atoms with Crippen LogP contribution in [0.3, 0.4) is 0 Å². The van der Waals surface area contributed by atoms with Gasteiger partial charge in [0.15, 0.2) is 0 Å². The van der Waals surface area contributed by atoms with Crippen LogP contribution in [0.5, 0.6) is 5.75 Å². The van der Waals surface area contributed by atoms with Crippen molar-refractivity contribution in [3.63, 3.8) is 0 Å². The summed E-state index contributed by atoms with van der Waals surface area (Å²) in [7, 11) is 1.70. The van der Waals surface area contributed by atoms with E-state index in [2.05, 4.69) is 41.9 Å². The minimum atomic E-state index is 0.379. The van der Waals surface area contributed by atoms with Gasteiger partial charge in [-0.05, 0) is 42.1 Å². The topological polar surface area (TPSA) is 21.3 Å². The van der Waals surface area contributed by atoms with Crippen LogP contribution in [-0.4, -0.2) is 13.7 Å². The molecule has 0 saturated carbocycles. The Labute approximate surface area is 119 Å². The molecule has 0 bridgehead atoms. The summed E-state index contributed by atoms with van der Waals surface area (Å²) in [4.78, 5) is 1.42. The monoisotopic (exact) mass is 275 g/mol. The first-order valence-electron chi connectivity index (χ1n) is 6.73. The van der Waals surface area contributed by atoms with Crippen molar-refractivity contribution in [3.05, 3.63) is 52.2 Å². The Kier molecular flexibility index (Phi) is 5.43. The minimum absolute atomic E-state index is 0.379. The van der Waals surface area contributed by atoms with Crippen molar-refractivity contribution in [2.45, 2.75) is 25.8 Å². The molecule has 3 heteroatoms. The number of nitrogens with one attached hydrogen (secondary N) is 1. The van der Waals surface area contributed by atoms with Gasteiger partial charge in [-0.3, -0.25) is 0 Å². The molecule has 0 radical (unpaired) electrons. The number of rotatable bonds is 7. The van der Waals surface area contributed by atoms with Crippen molar-refractivity contribution in [2.24, 2.45) is 0 Å². The van der Waals surface area contributed by atoms with Gasteiger partial charge in [0, 0.05) is 17.3 Å². The number of hydrogen-bond donors (Lipinski definition) is 1. The van der Waals surface area contributed by atoms with Gasteiger partial charge in [-0.25, -0.2) is 0 Å². The lowest BCUT2D eigenvalue weighted by Crippen LogP contribution is -2.23. The van der Waals surface area contributed by atoms with Gasteiger partial charge in [-0.2, -0.15) is 0 Å². The van der Waals surface area contributed by atoms with Gasteiger partial charge >= 0.3 is 0 Å². The maximum absolute atomic E-state index is 5.22. The average molecular weight is 275 g/mol. The number of methoxy groups -OCH3 is 1. The van der Waals surface area contributed by atoms with Crippen molar-refractivity contribution in [1.82, 2.24) is 5.32 Å². The molecule has 0 fully saturated rings. The van der Waals surface area contributed by atoms with E-state index in [0.29, 0.717) is 6.04 Å². The first-order valence-corrected chi connectivity index (χ1v) is 7.61. The van der Waals surface area contributed by atoms with Crippen LogP contribution in [0.4, 0.5) is 0 Å². The van der Waals surface area contributed by atoms with Crippen molar-refractivity contribution in [3.8, 4) is 5.75 Å². The molecule has 1 atom stereocenters. The summed E-state index contributed by atoms with van der Waals surface area (Å²) in [6.07, 6.45) is 2.20. The lowest BCUT2D eigenvalue weighted by Gasteiger charge is -2.18. The van der Waals surface area contributed by atoms with E-state index in [-0.39, 0.29) is 0 Å². The Bertz CT molecular complexity index is 464. The largest absolute Gasteiger partial charge is 0.497 e. The lowest BCUT2D eigenvalue weighted by molar-refractivity contribution is 0.414. The minimum Gasteiger partial charge on any atom is -0.497 e. The molecule has 0 aliphatic carbocycles. The highest BCUT2D eigenvalue weighted by atomic mass is 32.1. The Morgan fingerprint density at radius 2 is 2.00 bits per heavy atom. The van der Waals surface area contributed by atoms with E-state index in [4.69, 9.17) is 4.74 Å². The average Bonchev–Trinajstić information content (AvgIpc) is 2.96. The van der Waals surface area contributed by atoms with Crippen LogP contribution in [0, 0.1) is 0 Å². The molecule has 0 saturated heterocycles. The molecule has 0 aliphatic heterocycles. The van der Waals surface area contributed by atoms with Gasteiger partial charge in [0.25, 0.3) is 0 Å². The number of benzene rings is 1. The third-order valence-electron chi connectivity index (χ3n) is 3.14. The predicted octanol–water partition coefficient (Wildman–Crippen LogP) is 4.04. The van der Waals surface area contributed by atoms with Gasteiger partial charge in [-0.15, -0.1) is 11.3 Å². The van der Waals surface area contributed by atoms with Crippen LogP contribution in [0.15, 0.2) is 41.8 Å². The first-order chi connectivity index (χ1) is 9.33. The van der Waals surface area contributed by atoms with Gasteiger partial charge in [0.05, 0.1) is 7.11 Å². The molecule has 1 aromatic heterocycles. The quantitative estimate of drug-likeness (QED) is 0.823. The number of thiophene rings is 1. The third-order valence-corrected chi connectivity index (χ3v) is 4.04.